The minimum atomic E-state index is -0.986. The van der Waals surface area contributed by atoms with E-state index < -0.39 is 18.0 Å². The minimum absolute atomic E-state index is 0.0477. The highest BCUT2D eigenvalue weighted by atomic mass is 35.5. The number of aromatic hydroxyl groups is 1. The fourth-order valence-corrected chi connectivity index (χ4v) is 4.24. The molecule has 0 fully saturated rings. The van der Waals surface area contributed by atoms with Crippen molar-refractivity contribution in [2.24, 2.45) is 0 Å². The van der Waals surface area contributed by atoms with E-state index in [0.29, 0.717) is 5.56 Å². The van der Waals surface area contributed by atoms with Crippen LogP contribution in [0, 0.1) is 13.8 Å². The summed E-state index contributed by atoms with van der Waals surface area (Å²) >= 11 is 7.70. The molecule has 9 heteroatoms. The first-order chi connectivity index (χ1) is 16.2. The van der Waals surface area contributed by atoms with Crippen molar-refractivity contribution in [3.8, 4) is 5.75 Å². The van der Waals surface area contributed by atoms with Crippen molar-refractivity contribution in [3.63, 3.8) is 0 Å². The Bertz CT molecular complexity index is 1280. The number of phenols is 1. The van der Waals surface area contributed by atoms with Crippen molar-refractivity contribution < 1.29 is 24.5 Å². The second-order valence-electron chi connectivity index (χ2n) is 7.32. The number of aromatic nitrogens is 1. The molecule has 3 rings (SSSR count). The smallest absolute Gasteiger partial charge is 0.354 e. The second kappa shape index (κ2) is 11.1. The van der Waals surface area contributed by atoms with Gasteiger partial charge in [-0.05, 0) is 55.3 Å². The molecule has 3 aromatic rings. The molecule has 7 nitrogen and oxygen atoms in total. The van der Waals surface area contributed by atoms with E-state index in [2.05, 4.69) is 10.3 Å². The van der Waals surface area contributed by atoms with Gasteiger partial charge < -0.3 is 20.3 Å². The molecule has 0 bridgehead atoms. The molecule has 34 heavy (non-hydrogen) atoms. The third-order valence-corrected chi connectivity index (χ3v) is 6.12. The van der Waals surface area contributed by atoms with Crippen molar-refractivity contribution in [1.82, 2.24) is 10.3 Å². The number of esters is 1. The summed E-state index contributed by atoms with van der Waals surface area (Å²) in [4.78, 5) is 30.1. The normalized spacial score (nSPS) is 12.6. The molecule has 2 aromatic carbocycles. The van der Waals surface area contributed by atoms with Gasteiger partial charge >= 0.3 is 5.97 Å². The number of aliphatic hydroxyl groups excluding tert-OH is 1. The molecular weight excluding hydrogens is 476 g/mol. The van der Waals surface area contributed by atoms with Crippen LogP contribution in [0.4, 0.5) is 0 Å². The van der Waals surface area contributed by atoms with E-state index in [9.17, 15) is 19.8 Å². The van der Waals surface area contributed by atoms with Crippen molar-refractivity contribution in [3.05, 3.63) is 91.5 Å². The Labute approximate surface area is 206 Å². The molecular formula is C25H23ClN2O5S. The summed E-state index contributed by atoms with van der Waals surface area (Å²) in [7, 11) is 1.22. The van der Waals surface area contributed by atoms with Crippen LogP contribution in [0.25, 0.3) is 12.2 Å². The average Bonchev–Trinajstić information content (AvgIpc) is 3.12. The topological polar surface area (TPSA) is 109 Å². The summed E-state index contributed by atoms with van der Waals surface area (Å²) in [5.41, 5.74) is 2.00. The highest BCUT2D eigenvalue weighted by Gasteiger charge is 2.19. The third-order valence-electron chi connectivity index (χ3n) is 4.79. The molecule has 176 valence electrons. The molecule has 0 spiro atoms. The summed E-state index contributed by atoms with van der Waals surface area (Å²) in [6.45, 7) is 3.65. The second-order valence-corrected chi connectivity index (χ2v) is 8.97. The van der Waals surface area contributed by atoms with Crippen LogP contribution in [0.1, 0.15) is 43.2 Å². The van der Waals surface area contributed by atoms with Crippen LogP contribution in [0.3, 0.4) is 0 Å². The van der Waals surface area contributed by atoms with E-state index in [1.807, 2.05) is 13.8 Å². The fourth-order valence-electron chi connectivity index (χ4n) is 3.10. The number of aryl methyl sites for hydroxylation is 2. The molecule has 0 saturated heterocycles. The highest BCUT2D eigenvalue weighted by Crippen LogP contribution is 2.25. The maximum atomic E-state index is 12.8. The van der Waals surface area contributed by atoms with Gasteiger partial charge in [0, 0.05) is 0 Å². The standard InChI is InChI=1S/C25H23ClN2O5S/c1-14-23(34-15(2)27-14)13-21(25(32)33-3)28-24(31)19-9-8-17(12-20(19)26)22(30)10-7-16-5-4-6-18(29)11-16/h4-13,22,29-30H,1-3H3,(H,28,31)/b10-7+,21-13-. The number of ether oxygens (including phenoxy) is 1. The van der Waals surface area contributed by atoms with Crippen LogP contribution in [0.5, 0.6) is 5.75 Å². The molecule has 1 atom stereocenters. The van der Waals surface area contributed by atoms with Crippen LogP contribution in [0.15, 0.2) is 54.2 Å². The van der Waals surface area contributed by atoms with Crippen LogP contribution >= 0.6 is 22.9 Å². The van der Waals surface area contributed by atoms with Crippen LogP contribution in [-0.2, 0) is 9.53 Å². The van der Waals surface area contributed by atoms with Gasteiger partial charge in [-0.3, -0.25) is 4.79 Å². The van der Waals surface area contributed by atoms with Gasteiger partial charge in [0.15, 0.2) is 0 Å². The number of thiazole rings is 1. The zero-order valence-electron chi connectivity index (χ0n) is 18.7. The number of carbonyl (C=O) groups is 2. The van der Waals surface area contributed by atoms with Gasteiger partial charge in [-0.2, -0.15) is 0 Å². The summed E-state index contributed by atoms with van der Waals surface area (Å²) in [6, 6.07) is 11.1. The zero-order valence-corrected chi connectivity index (χ0v) is 20.3. The monoisotopic (exact) mass is 498 g/mol. The number of hydrogen-bond donors (Lipinski definition) is 3. The quantitative estimate of drug-likeness (QED) is 0.318. The molecule has 0 aliphatic carbocycles. The number of aliphatic hydroxyl groups is 1. The van der Waals surface area contributed by atoms with Crippen molar-refractivity contribution in [1.29, 1.82) is 0 Å². The predicted octanol–water partition coefficient (Wildman–Crippen LogP) is 4.81. The third kappa shape index (κ3) is 6.32. The molecule has 1 unspecified atom stereocenters. The first-order valence-corrected chi connectivity index (χ1v) is 11.4. The van der Waals surface area contributed by atoms with E-state index in [0.717, 1.165) is 21.1 Å². The van der Waals surface area contributed by atoms with Crippen LogP contribution in [0.2, 0.25) is 5.02 Å². The van der Waals surface area contributed by atoms with Gasteiger partial charge in [0.25, 0.3) is 5.91 Å². The molecule has 0 aliphatic rings. The number of benzene rings is 2. The van der Waals surface area contributed by atoms with Gasteiger partial charge in [0.05, 0.1) is 39.4 Å². The maximum absolute atomic E-state index is 12.8. The molecule has 1 amide bonds. The number of nitrogens with one attached hydrogen (secondary N) is 1. The lowest BCUT2D eigenvalue weighted by molar-refractivity contribution is -0.136. The van der Waals surface area contributed by atoms with Crippen molar-refractivity contribution in [2.75, 3.05) is 7.11 Å². The Kier molecular flexibility index (Phi) is 8.22. The largest absolute Gasteiger partial charge is 0.508 e. The Morgan fingerprint density at radius 2 is 1.97 bits per heavy atom. The van der Waals surface area contributed by atoms with Gasteiger partial charge in [-0.1, -0.05) is 42.0 Å². The van der Waals surface area contributed by atoms with E-state index in [4.69, 9.17) is 16.3 Å². The Balaban J connectivity index is 1.79. The lowest BCUT2D eigenvalue weighted by atomic mass is 10.0. The lowest BCUT2D eigenvalue weighted by Gasteiger charge is -2.12. The number of hydrogen-bond acceptors (Lipinski definition) is 7. The number of rotatable bonds is 7. The highest BCUT2D eigenvalue weighted by molar-refractivity contribution is 7.12. The summed E-state index contributed by atoms with van der Waals surface area (Å²) < 4.78 is 4.79. The first kappa shape index (κ1) is 25.2. The van der Waals surface area contributed by atoms with Gasteiger partial charge in [0.2, 0.25) is 0 Å². The maximum Gasteiger partial charge on any atom is 0.354 e. The van der Waals surface area contributed by atoms with Crippen molar-refractivity contribution >= 4 is 47.0 Å². The summed E-state index contributed by atoms with van der Waals surface area (Å²) in [5.74, 6) is -1.19. The van der Waals surface area contributed by atoms with E-state index >= 15 is 0 Å². The molecule has 1 aromatic heterocycles. The number of phenolic OH excluding ortho intramolecular Hbond substituents is 1. The van der Waals surface area contributed by atoms with Crippen molar-refractivity contribution in [2.45, 2.75) is 20.0 Å². The van der Waals surface area contributed by atoms with Gasteiger partial charge in [0.1, 0.15) is 11.4 Å². The number of halogens is 1. The Hall–Kier alpha value is -3.46. The van der Waals surface area contributed by atoms with Gasteiger partial charge in [-0.15, -0.1) is 11.3 Å². The fraction of sp³-hybridized carbons (Fsp3) is 0.160. The first-order valence-electron chi connectivity index (χ1n) is 10.2. The Morgan fingerprint density at radius 1 is 1.21 bits per heavy atom. The Morgan fingerprint density at radius 3 is 2.59 bits per heavy atom. The van der Waals surface area contributed by atoms with E-state index in [-0.39, 0.29) is 22.0 Å². The average molecular weight is 499 g/mol. The van der Waals surface area contributed by atoms with Gasteiger partial charge in [-0.25, -0.2) is 9.78 Å². The van der Waals surface area contributed by atoms with Crippen LogP contribution in [-0.4, -0.2) is 34.2 Å². The summed E-state index contributed by atoms with van der Waals surface area (Å²) in [5, 5.41) is 23.5. The molecule has 0 radical (unpaired) electrons. The molecule has 0 aliphatic heterocycles. The molecule has 1 heterocycles. The number of amides is 1. The zero-order chi connectivity index (χ0) is 24.8. The van der Waals surface area contributed by atoms with E-state index in [1.54, 1.807) is 36.4 Å². The minimum Gasteiger partial charge on any atom is -0.508 e. The number of carbonyl (C=O) groups excluding carboxylic acids is 2. The number of methoxy groups -OCH3 is 1. The number of nitrogens with zero attached hydrogens (tertiary/aromatic N) is 1. The molecule has 3 N–H and O–H groups in total. The predicted molar refractivity (Wildman–Crippen MR) is 133 cm³/mol. The lowest BCUT2D eigenvalue weighted by Crippen LogP contribution is -2.28. The van der Waals surface area contributed by atoms with E-state index in [1.165, 1.54) is 42.7 Å². The summed E-state index contributed by atoms with van der Waals surface area (Å²) in [6.07, 6.45) is 3.73. The SMILES string of the molecule is COC(=O)/C(=C/c1sc(C)nc1C)NC(=O)c1ccc(C(O)/C=C/c2cccc(O)c2)cc1Cl. The van der Waals surface area contributed by atoms with Crippen LogP contribution < -0.4 is 5.32 Å². The molecule has 0 saturated carbocycles.